The molecule has 1 fully saturated rings. The summed E-state index contributed by atoms with van der Waals surface area (Å²) < 4.78 is 26.1. The summed E-state index contributed by atoms with van der Waals surface area (Å²) >= 11 is 0. The van der Waals surface area contributed by atoms with Gasteiger partial charge in [-0.05, 0) is 30.4 Å². The van der Waals surface area contributed by atoms with Gasteiger partial charge in [-0.2, -0.15) is 0 Å². The van der Waals surface area contributed by atoms with E-state index in [1.54, 1.807) is 0 Å². The van der Waals surface area contributed by atoms with Crippen molar-refractivity contribution in [2.24, 2.45) is 11.8 Å². The van der Waals surface area contributed by atoms with E-state index in [0.717, 1.165) is 12.6 Å². The summed E-state index contributed by atoms with van der Waals surface area (Å²) in [7, 11) is -3.64. The average Bonchev–Trinajstić information content (AvgIpc) is 3.03. The molecule has 7 heteroatoms. The van der Waals surface area contributed by atoms with Crippen molar-refractivity contribution in [1.82, 2.24) is 9.71 Å². The minimum absolute atomic E-state index is 0.0373. The quantitative estimate of drug-likeness (QED) is 0.821. The fraction of sp³-hybridized carbons (Fsp3) is 0.455. The Morgan fingerprint density at radius 3 is 2.67 bits per heavy atom. The van der Waals surface area contributed by atoms with Gasteiger partial charge in [0.05, 0.1) is 5.56 Å². The Labute approximate surface area is 105 Å². The molecule has 0 radical (unpaired) electrons. The van der Waals surface area contributed by atoms with Crippen molar-refractivity contribution < 1.29 is 18.3 Å². The van der Waals surface area contributed by atoms with Crippen molar-refractivity contribution in [1.29, 1.82) is 0 Å². The first-order valence-electron chi connectivity index (χ1n) is 5.59. The van der Waals surface area contributed by atoms with Crippen LogP contribution in [-0.2, 0) is 10.0 Å². The van der Waals surface area contributed by atoms with Crippen LogP contribution in [0.4, 0.5) is 0 Å². The van der Waals surface area contributed by atoms with Gasteiger partial charge in [0.25, 0.3) is 10.0 Å². The highest BCUT2D eigenvalue weighted by molar-refractivity contribution is 7.89. The lowest BCUT2D eigenvalue weighted by Gasteiger charge is -2.05. The summed E-state index contributed by atoms with van der Waals surface area (Å²) in [6.45, 7) is 2.48. The molecule has 2 N–H and O–H groups in total. The smallest absolute Gasteiger partial charge is 0.337 e. The van der Waals surface area contributed by atoms with E-state index in [0.29, 0.717) is 18.4 Å². The van der Waals surface area contributed by atoms with E-state index in [-0.39, 0.29) is 10.6 Å². The largest absolute Gasteiger partial charge is 0.478 e. The summed E-state index contributed by atoms with van der Waals surface area (Å²) in [5.41, 5.74) is -0.0373. The van der Waals surface area contributed by atoms with Crippen molar-refractivity contribution in [3.05, 3.63) is 23.9 Å². The summed E-state index contributed by atoms with van der Waals surface area (Å²) in [5.74, 6) is -0.167. The van der Waals surface area contributed by atoms with E-state index in [4.69, 9.17) is 5.11 Å². The number of nitrogens with one attached hydrogen (secondary N) is 1. The zero-order valence-electron chi connectivity index (χ0n) is 9.83. The summed E-state index contributed by atoms with van der Waals surface area (Å²) in [6.07, 6.45) is 2.07. The maximum absolute atomic E-state index is 11.8. The van der Waals surface area contributed by atoms with Crippen LogP contribution in [-0.4, -0.2) is 31.0 Å². The Morgan fingerprint density at radius 2 is 2.22 bits per heavy atom. The molecular weight excluding hydrogens is 256 g/mol. The van der Waals surface area contributed by atoms with Crippen LogP contribution in [0.1, 0.15) is 23.7 Å². The lowest BCUT2D eigenvalue weighted by atomic mass is 10.3. The van der Waals surface area contributed by atoms with Crippen molar-refractivity contribution in [3.63, 3.8) is 0 Å². The average molecular weight is 270 g/mol. The monoisotopic (exact) mass is 270 g/mol. The van der Waals surface area contributed by atoms with Crippen LogP contribution in [0.5, 0.6) is 0 Å². The number of rotatable bonds is 5. The van der Waals surface area contributed by atoms with Crippen LogP contribution >= 0.6 is 0 Å². The molecule has 0 amide bonds. The van der Waals surface area contributed by atoms with Gasteiger partial charge in [-0.3, -0.25) is 0 Å². The Bertz CT molecular complexity index is 553. The normalized spacial score (nSPS) is 22.7. The fourth-order valence-electron chi connectivity index (χ4n) is 1.64. The van der Waals surface area contributed by atoms with Crippen LogP contribution in [0.3, 0.4) is 0 Å². The molecule has 2 atom stereocenters. The molecule has 0 aromatic carbocycles. The maximum Gasteiger partial charge on any atom is 0.337 e. The molecule has 2 rings (SSSR count). The molecular formula is C11H14N2O4S. The summed E-state index contributed by atoms with van der Waals surface area (Å²) in [4.78, 5) is 14.3. The predicted octanol–water partition coefficient (Wildman–Crippen LogP) is 0.714. The Balaban J connectivity index is 2.06. The Morgan fingerprint density at radius 1 is 1.56 bits per heavy atom. The van der Waals surface area contributed by atoms with Gasteiger partial charge in [0, 0.05) is 12.7 Å². The number of pyridine rings is 1. The standard InChI is InChI=1S/C11H14N2O4S/c1-7-4-9(7)6-13-18(16,17)10-3-2-8(5-12-10)11(14)15/h2-3,5,7,9,13H,4,6H2,1H3,(H,14,15). The number of aromatic carboxylic acids is 1. The third-order valence-electron chi connectivity index (χ3n) is 3.07. The molecule has 98 valence electrons. The highest BCUT2D eigenvalue weighted by Gasteiger charge is 2.33. The molecule has 6 nitrogen and oxygen atoms in total. The zero-order valence-corrected chi connectivity index (χ0v) is 10.6. The Hall–Kier alpha value is -1.47. The second-order valence-corrected chi connectivity index (χ2v) is 6.23. The van der Waals surface area contributed by atoms with E-state index in [2.05, 4.69) is 16.6 Å². The molecule has 2 unspecified atom stereocenters. The lowest BCUT2D eigenvalue weighted by Crippen LogP contribution is -2.27. The number of hydrogen-bond donors (Lipinski definition) is 2. The molecule has 1 aromatic rings. The first-order chi connectivity index (χ1) is 8.40. The van der Waals surface area contributed by atoms with Gasteiger partial charge in [0.15, 0.2) is 5.03 Å². The van der Waals surface area contributed by atoms with E-state index in [1.807, 2.05) is 0 Å². The third kappa shape index (κ3) is 2.85. The molecule has 1 heterocycles. The minimum Gasteiger partial charge on any atom is -0.478 e. The zero-order chi connectivity index (χ0) is 13.3. The molecule has 1 saturated carbocycles. The topological polar surface area (TPSA) is 96.4 Å². The number of nitrogens with zero attached hydrogens (tertiary/aromatic N) is 1. The van der Waals surface area contributed by atoms with Crippen LogP contribution in [0.25, 0.3) is 0 Å². The van der Waals surface area contributed by atoms with Gasteiger partial charge in [0.1, 0.15) is 0 Å². The first kappa shape index (κ1) is 13.0. The second-order valence-electron chi connectivity index (χ2n) is 4.52. The number of carbonyl (C=O) groups is 1. The number of hydrogen-bond acceptors (Lipinski definition) is 4. The van der Waals surface area contributed by atoms with E-state index in [1.165, 1.54) is 12.1 Å². The van der Waals surface area contributed by atoms with Crippen molar-refractivity contribution >= 4 is 16.0 Å². The highest BCUT2D eigenvalue weighted by Crippen LogP contribution is 2.36. The SMILES string of the molecule is CC1CC1CNS(=O)(=O)c1ccc(C(=O)O)cn1. The highest BCUT2D eigenvalue weighted by atomic mass is 32.2. The second kappa shape index (κ2) is 4.66. The van der Waals surface area contributed by atoms with E-state index in [9.17, 15) is 13.2 Å². The summed E-state index contributed by atoms with van der Waals surface area (Å²) in [6, 6.07) is 2.42. The van der Waals surface area contributed by atoms with Gasteiger partial charge in [0.2, 0.25) is 0 Å². The molecule has 1 aliphatic carbocycles. The van der Waals surface area contributed by atoms with Gasteiger partial charge in [-0.15, -0.1) is 0 Å². The van der Waals surface area contributed by atoms with E-state index < -0.39 is 16.0 Å². The molecule has 18 heavy (non-hydrogen) atoms. The lowest BCUT2D eigenvalue weighted by molar-refractivity contribution is 0.0696. The summed E-state index contributed by atoms with van der Waals surface area (Å²) in [5, 5.41) is 8.53. The molecule has 0 spiro atoms. The van der Waals surface area contributed by atoms with Crippen molar-refractivity contribution in [3.8, 4) is 0 Å². The van der Waals surface area contributed by atoms with Crippen LogP contribution in [0.2, 0.25) is 0 Å². The number of aromatic nitrogens is 1. The van der Waals surface area contributed by atoms with Gasteiger partial charge in [-0.1, -0.05) is 6.92 Å². The fourth-order valence-corrected chi connectivity index (χ4v) is 2.66. The molecule has 0 bridgehead atoms. The predicted molar refractivity (Wildman–Crippen MR) is 63.7 cm³/mol. The van der Waals surface area contributed by atoms with Crippen LogP contribution in [0.15, 0.2) is 23.4 Å². The third-order valence-corrected chi connectivity index (χ3v) is 4.41. The molecule has 0 aliphatic heterocycles. The Kier molecular flexibility index (Phi) is 3.36. The number of sulfonamides is 1. The number of carboxylic acid groups (broad SMARTS) is 1. The molecule has 1 aliphatic rings. The van der Waals surface area contributed by atoms with Gasteiger partial charge < -0.3 is 5.11 Å². The molecule has 1 aromatic heterocycles. The van der Waals surface area contributed by atoms with Crippen molar-refractivity contribution in [2.75, 3.05) is 6.54 Å². The van der Waals surface area contributed by atoms with Crippen LogP contribution in [0, 0.1) is 11.8 Å². The number of carboxylic acids is 1. The van der Waals surface area contributed by atoms with E-state index >= 15 is 0 Å². The van der Waals surface area contributed by atoms with Gasteiger partial charge in [-0.25, -0.2) is 22.9 Å². The maximum atomic E-state index is 11.8. The molecule has 0 saturated heterocycles. The minimum atomic E-state index is -3.64. The van der Waals surface area contributed by atoms with Gasteiger partial charge >= 0.3 is 5.97 Å². The van der Waals surface area contributed by atoms with Crippen molar-refractivity contribution in [2.45, 2.75) is 18.4 Å². The first-order valence-corrected chi connectivity index (χ1v) is 7.07. The van der Waals surface area contributed by atoms with Crippen LogP contribution < -0.4 is 4.72 Å².